The Morgan fingerprint density at radius 3 is 2.25 bits per heavy atom. The van der Waals surface area contributed by atoms with Gasteiger partial charge in [0.2, 0.25) is 0 Å². The molecule has 1 fully saturated rings. The highest BCUT2D eigenvalue weighted by molar-refractivity contribution is 8.19. The van der Waals surface area contributed by atoms with E-state index in [-0.39, 0.29) is 16.6 Å². The summed E-state index contributed by atoms with van der Waals surface area (Å²) in [6, 6.07) is 25.2. The SMILES string of the molecule is Cc1ccc(N=C2S/C(=C\c3cccc(OS(=O)(=O)c4ccccc4)c3)C(=O)N2c2ccc(C)c(Cl)c2)cc1Cl. The molecule has 0 aliphatic carbocycles. The maximum absolute atomic E-state index is 13.7. The molecule has 40 heavy (non-hydrogen) atoms. The maximum Gasteiger partial charge on any atom is 0.339 e. The third-order valence-corrected chi connectivity index (χ3v) is 9.04. The monoisotopic (exact) mass is 608 g/mol. The van der Waals surface area contributed by atoms with Gasteiger partial charge in [-0.2, -0.15) is 8.42 Å². The van der Waals surface area contributed by atoms with Crippen LogP contribution in [0.1, 0.15) is 16.7 Å². The van der Waals surface area contributed by atoms with Crippen molar-refractivity contribution in [2.75, 3.05) is 4.90 Å². The van der Waals surface area contributed by atoms with Gasteiger partial charge in [0, 0.05) is 10.0 Å². The fourth-order valence-corrected chi connectivity index (χ4v) is 6.12. The zero-order chi connectivity index (χ0) is 28.4. The van der Waals surface area contributed by atoms with Crippen LogP contribution in [0.3, 0.4) is 0 Å². The molecule has 1 aliphatic heterocycles. The first-order valence-corrected chi connectivity index (χ1v) is 15.0. The molecule has 10 heteroatoms. The van der Waals surface area contributed by atoms with E-state index in [0.29, 0.717) is 37.1 Å². The van der Waals surface area contributed by atoms with Crippen LogP contribution in [0.5, 0.6) is 5.75 Å². The molecule has 0 saturated carbocycles. The third kappa shape index (κ3) is 6.10. The van der Waals surface area contributed by atoms with E-state index in [1.807, 2.05) is 38.1 Å². The van der Waals surface area contributed by atoms with Crippen LogP contribution in [0.4, 0.5) is 11.4 Å². The largest absolute Gasteiger partial charge is 0.379 e. The van der Waals surface area contributed by atoms with Gasteiger partial charge in [0.15, 0.2) is 5.17 Å². The van der Waals surface area contributed by atoms with Gasteiger partial charge in [0.05, 0.1) is 16.3 Å². The lowest BCUT2D eigenvalue weighted by Gasteiger charge is -2.16. The molecule has 5 rings (SSSR count). The van der Waals surface area contributed by atoms with Crippen molar-refractivity contribution in [1.29, 1.82) is 0 Å². The summed E-state index contributed by atoms with van der Waals surface area (Å²) in [5.74, 6) is -0.177. The van der Waals surface area contributed by atoms with E-state index in [2.05, 4.69) is 0 Å². The highest BCUT2D eigenvalue weighted by atomic mass is 35.5. The molecule has 0 radical (unpaired) electrons. The number of aryl methyl sites for hydroxylation is 2. The predicted molar refractivity (Wildman–Crippen MR) is 163 cm³/mol. The highest BCUT2D eigenvalue weighted by Gasteiger charge is 2.35. The lowest BCUT2D eigenvalue weighted by molar-refractivity contribution is -0.113. The summed E-state index contributed by atoms with van der Waals surface area (Å²) in [4.78, 5) is 20.3. The van der Waals surface area contributed by atoms with Crippen LogP contribution >= 0.6 is 35.0 Å². The number of aliphatic imine (C=N–C) groups is 1. The van der Waals surface area contributed by atoms with Crippen molar-refractivity contribution in [3.63, 3.8) is 0 Å². The second kappa shape index (κ2) is 11.5. The van der Waals surface area contributed by atoms with E-state index < -0.39 is 10.1 Å². The van der Waals surface area contributed by atoms with Crippen LogP contribution in [0.15, 0.2) is 106 Å². The molecule has 0 spiro atoms. The van der Waals surface area contributed by atoms with Crippen molar-refractivity contribution < 1.29 is 17.4 Å². The minimum atomic E-state index is -4.01. The van der Waals surface area contributed by atoms with Gasteiger partial charge in [-0.15, -0.1) is 0 Å². The number of amidine groups is 1. The van der Waals surface area contributed by atoms with Crippen LogP contribution < -0.4 is 9.08 Å². The quantitative estimate of drug-likeness (QED) is 0.163. The average molecular weight is 610 g/mol. The number of amides is 1. The minimum absolute atomic E-state index is 0.0461. The lowest BCUT2D eigenvalue weighted by Crippen LogP contribution is -2.28. The predicted octanol–water partition coefficient (Wildman–Crippen LogP) is 8.19. The van der Waals surface area contributed by atoms with Crippen LogP contribution in [0.25, 0.3) is 6.08 Å². The molecule has 1 amide bonds. The molecule has 1 heterocycles. The van der Waals surface area contributed by atoms with Crippen molar-refractivity contribution in [3.8, 4) is 5.75 Å². The Labute approximate surface area is 247 Å². The second-order valence-electron chi connectivity index (χ2n) is 8.94. The van der Waals surface area contributed by atoms with E-state index >= 15 is 0 Å². The van der Waals surface area contributed by atoms with E-state index in [0.717, 1.165) is 11.1 Å². The Morgan fingerprint density at radius 2 is 1.55 bits per heavy atom. The molecule has 4 aromatic rings. The fraction of sp³-hybridized carbons (Fsp3) is 0.0667. The molecule has 202 valence electrons. The normalized spacial score (nSPS) is 15.7. The van der Waals surface area contributed by atoms with Gasteiger partial charge in [0.1, 0.15) is 10.6 Å². The molecule has 1 saturated heterocycles. The van der Waals surface area contributed by atoms with Crippen molar-refractivity contribution >= 4 is 73.6 Å². The van der Waals surface area contributed by atoms with E-state index in [4.69, 9.17) is 32.4 Å². The standard InChI is InChI=1S/C30H22Cl2N2O4S2/c1-19-11-13-22(17-26(19)31)33-30-34(23-14-12-20(2)27(32)18-23)29(35)28(39-30)16-21-7-6-8-24(15-21)38-40(36,37)25-9-4-3-5-10-25/h3-18H,1-2H3/b28-16-,33-30?. The molecule has 0 unspecified atom stereocenters. The van der Waals surface area contributed by atoms with Crippen molar-refractivity contribution in [2.24, 2.45) is 4.99 Å². The van der Waals surface area contributed by atoms with Gasteiger partial charge in [-0.05, 0) is 96.9 Å². The zero-order valence-electron chi connectivity index (χ0n) is 21.3. The van der Waals surface area contributed by atoms with E-state index in [9.17, 15) is 13.2 Å². The van der Waals surface area contributed by atoms with Gasteiger partial charge in [-0.3, -0.25) is 9.69 Å². The topological polar surface area (TPSA) is 76.0 Å². The summed E-state index contributed by atoms with van der Waals surface area (Å²) < 4.78 is 30.7. The molecule has 6 nitrogen and oxygen atoms in total. The lowest BCUT2D eigenvalue weighted by atomic mass is 10.2. The average Bonchev–Trinajstić information content (AvgIpc) is 3.22. The fourth-order valence-electron chi connectivity index (χ4n) is 3.83. The third-order valence-electron chi connectivity index (χ3n) is 5.99. The Hall–Kier alpha value is -3.56. The van der Waals surface area contributed by atoms with Crippen molar-refractivity contribution in [1.82, 2.24) is 0 Å². The first kappa shape index (κ1) is 28.0. The maximum atomic E-state index is 13.7. The number of carbonyl (C=O) groups is 1. The van der Waals surface area contributed by atoms with E-state index in [1.165, 1.54) is 28.8 Å². The van der Waals surface area contributed by atoms with Crippen LogP contribution in [0.2, 0.25) is 10.0 Å². The van der Waals surface area contributed by atoms with Crippen molar-refractivity contribution in [2.45, 2.75) is 18.7 Å². The number of carbonyl (C=O) groups excluding carboxylic acids is 1. The summed E-state index contributed by atoms with van der Waals surface area (Å²) in [5.41, 5.74) is 3.54. The summed E-state index contributed by atoms with van der Waals surface area (Å²) in [6.45, 7) is 3.78. The molecular formula is C30H22Cl2N2O4S2. The summed E-state index contributed by atoms with van der Waals surface area (Å²) in [5, 5.41) is 1.52. The summed E-state index contributed by atoms with van der Waals surface area (Å²) in [7, 11) is -4.01. The number of rotatable bonds is 6. The number of anilines is 1. The molecule has 4 aromatic carbocycles. The van der Waals surface area contributed by atoms with Gasteiger partial charge < -0.3 is 4.18 Å². The second-order valence-corrected chi connectivity index (χ2v) is 12.3. The van der Waals surface area contributed by atoms with Gasteiger partial charge in [0.25, 0.3) is 5.91 Å². The number of hydrogen-bond donors (Lipinski definition) is 0. The number of nitrogens with zero attached hydrogens (tertiary/aromatic N) is 2. The molecular weight excluding hydrogens is 587 g/mol. The Balaban J connectivity index is 1.51. The highest BCUT2D eigenvalue weighted by Crippen LogP contribution is 2.39. The molecule has 0 bridgehead atoms. The zero-order valence-corrected chi connectivity index (χ0v) is 24.5. The molecule has 0 N–H and O–H groups in total. The summed E-state index contributed by atoms with van der Waals surface area (Å²) >= 11 is 13.9. The smallest absolute Gasteiger partial charge is 0.339 e. The first-order chi connectivity index (χ1) is 19.1. The molecule has 0 atom stereocenters. The van der Waals surface area contributed by atoms with Gasteiger partial charge in [-0.25, -0.2) is 4.99 Å². The summed E-state index contributed by atoms with van der Waals surface area (Å²) in [6.07, 6.45) is 1.67. The van der Waals surface area contributed by atoms with Gasteiger partial charge in [-0.1, -0.05) is 65.7 Å². The van der Waals surface area contributed by atoms with Crippen LogP contribution in [0, 0.1) is 13.8 Å². The van der Waals surface area contributed by atoms with E-state index in [1.54, 1.807) is 60.7 Å². The molecule has 0 aromatic heterocycles. The van der Waals surface area contributed by atoms with Crippen molar-refractivity contribution in [3.05, 3.63) is 123 Å². The number of benzene rings is 4. The molecule has 1 aliphatic rings. The number of halogens is 2. The Bertz CT molecular complexity index is 1790. The number of hydrogen-bond acceptors (Lipinski definition) is 6. The van der Waals surface area contributed by atoms with Crippen LogP contribution in [-0.2, 0) is 14.9 Å². The first-order valence-electron chi connectivity index (χ1n) is 12.1. The number of thioether (sulfide) groups is 1. The minimum Gasteiger partial charge on any atom is -0.379 e. The Kier molecular flexibility index (Phi) is 8.05. The Morgan fingerprint density at radius 1 is 0.850 bits per heavy atom. The van der Waals surface area contributed by atoms with Gasteiger partial charge >= 0.3 is 10.1 Å². The van der Waals surface area contributed by atoms with Crippen LogP contribution in [-0.4, -0.2) is 19.5 Å².